The summed E-state index contributed by atoms with van der Waals surface area (Å²) >= 11 is 0. The quantitative estimate of drug-likeness (QED) is 0.800. The molecule has 2 saturated heterocycles. The Morgan fingerprint density at radius 1 is 1.12 bits per heavy atom. The number of alkyl halides is 3. The minimum atomic E-state index is -4.33. The summed E-state index contributed by atoms with van der Waals surface area (Å²) in [4.78, 5) is 9.01. The van der Waals surface area contributed by atoms with Crippen LogP contribution in [-0.4, -0.2) is 55.3 Å². The standard InChI is InChI=1S/C17H18F3N3O/c18-17(19,20)13-1-2-15-12(9-13)3-4-21-16(15)23-6-5-22-7-8-24-11-14(22)10-23/h1-4,9,14H,5-8,10-11H2/t14-/m0/s1. The number of halogens is 3. The normalized spacial score (nSPS) is 22.6. The maximum Gasteiger partial charge on any atom is 0.416 e. The smallest absolute Gasteiger partial charge is 0.378 e. The molecule has 4 rings (SSSR count). The van der Waals surface area contributed by atoms with E-state index in [1.54, 1.807) is 12.3 Å². The van der Waals surface area contributed by atoms with Crippen LogP contribution in [-0.2, 0) is 10.9 Å². The van der Waals surface area contributed by atoms with Crippen molar-refractivity contribution in [3.05, 3.63) is 36.0 Å². The van der Waals surface area contributed by atoms with Gasteiger partial charge >= 0.3 is 6.18 Å². The van der Waals surface area contributed by atoms with Crippen molar-refractivity contribution in [1.29, 1.82) is 0 Å². The molecule has 0 amide bonds. The maximum atomic E-state index is 12.9. The van der Waals surface area contributed by atoms with Crippen molar-refractivity contribution in [2.75, 3.05) is 44.3 Å². The van der Waals surface area contributed by atoms with E-state index in [4.69, 9.17) is 4.74 Å². The second-order valence-corrected chi connectivity index (χ2v) is 6.28. The van der Waals surface area contributed by atoms with Gasteiger partial charge in [0.05, 0.1) is 24.8 Å². The Hall–Kier alpha value is -1.86. The molecule has 2 fully saturated rings. The number of hydrogen-bond acceptors (Lipinski definition) is 4. The molecular weight excluding hydrogens is 319 g/mol. The summed E-state index contributed by atoms with van der Waals surface area (Å²) in [6.45, 7) is 4.93. The van der Waals surface area contributed by atoms with Crippen LogP contribution in [0.1, 0.15) is 5.56 Å². The van der Waals surface area contributed by atoms with Crippen LogP contribution in [0.5, 0.6) is 0 Å². The number of ether oxygens (including phenoxy) is 1. The number of hydrogen-bond donors (Lipinski definition) is 0. The average molecular weight is 337 g/mol. The van der Waals surface area contributed by atoms with Gasteiger partial charge in [-0.05, 0) is 23.6 Å². The van der Waals surface area contributed by atoms with Gasteiger partial charge in [0.1, 0.15) is 5.82 Å². The zero-order chi connectivity index (χ0) is 16.7. The molecule has 2 aliphatic rings. The summed E-state index contributed by atoms with van der Waals surface area (Å²) in [5, 5.41) is 1.33. The second kappa shape index (κ2) is 5.89. The van der Waals surface area contributed by atoms with Crippen LogP contribution in [0.25, 0.3) is 10.8 Å². The van der Waals surface area contributed by atoms with Crippen LogP contribution >= 0.6 is 0 Å². The van der Waals surface area contributed by atoms with Crippen molar-refractivity contribution in [2.45, 2.75) is 12.2 Å². The van der Waals surface area contributed by atoms with Crippen molar-refractivity contribution in [2.24, 2.45) is 0 Å². The average Bonchev–Trinajstić information content (AvgIpc) is 2.59. The van der Waals surface area contributed by atoms with Crippen molar-refractivity contribution in [3.8, 4) is 0 Å². The van der Waals surface area contributed by atoms with E-state index < -0.39 is 11.7 Å². The molecular formula is C17H18F3N3O. The fourth-order valence-corrected chi connectivity index (χ4v) is 3.53. The fourth-order valence-electron chi connectivity index (χ4n) is 3.53. The Balaban J connectivity index is 1.67. The van der Waals surface area contributed by atoms with Gasteiger partial charge in [-0.15, -0.1) is 0 Å². The Kier molecular flexibility index (Phi) is 3.85. The van der Waals surface area contributed by atoms with Crippen LogP contribution in [0.3, 0.4) is 0 Å². The summed E-state index contributed by atoms with van der Waals surface area (Å²) in [6, 6.07) is 5.81. The number of nitrogens with zero attached hydrogens (tertiary/aromatic N) is 3. The molecule has 0 aliphatic carbocycles. The summed E-state index contributed by atoms with van der Waals surface area (Å²) < 4.78 is 44.3. The third kappa shape index (κ3) is 2.82. The van der Waals surface area contributed by atoms with Crippen molar-refractivity contribution in [3.63, 3.8) is 0 Å². The Morgan fingerprint density at radius 2 is 2.00 bits per heavy atom. The molecule has 0 spiro atoms. The van der Waals surface area contributed by atoms with E-state index in [1.165, 1.54) is 12.1 Å². The lowest BCUT2D eigenvalue weighted by Crippen LogP contribution is -2.58. The Labute approximate surface area is 137 Å². The maximum absolute atomic E-state index is 12.9. The molecule has 0 unspecified atom stereocenters. The van der Waals surface area contributed by atoms with Crippen LogP contribution in [0.2, 0.25) is 0 Å². The Bertz CT molecular complexity index is 749. The predicted molar refractivity (Wildman–Crippen MR) is 85.1 cm³/mol. The van der Waals surface area contributed by atoms with Gasteiger partial charge < -0.3 is 9.64 Å². The molecule has 128 valence electrons. The monoisotopic (exact) mass is 337 g/mol. The number of fused-ring (bicyclic) bond motifs is 2. The van der Waals surface area contributed by atoms with E-state index in [0.717, 1.165) is 50.1 Å². The zero-order valence-corrected chi connectivity index (χ0v) is 13.1. The molecule has 1 aromatic carbocycles. The topological polar surface area (TPSA) is 28.6 Å². The minimum absolute atomic E-state index is 0.319. The van der Waals surface area contributed by atoms with Gasteiger partial charge in [-0.25, -0.2) is 4.98 Å². The first kappa shape index (κ1) is 15.7. The lowest BCUT2D eigenvalue weighted by molar-refractivity contribution is -0.137. The van der Waals surface area contributed by atoms with E-state index in [-0.39, 0.29) is 0 Å². The summed E-state index contributed by atoms with van der Waals surface area (Å²) in [6.07, 6.45) is -2.75. The Morgan fingerprint density at radius 3 is 2.83 bits per heavy atom. The van der Waals surface area contributed by atoms with Crippen LogP contribution in [0.15, 0.2) is 30.5 Å². The SMILES string of the molecule is FC(F)(F)c1ccc2c(N3CCN4CCOC[C@@H]4C3)nccc2c1. The molecule has 2 aromatic rings. The number of morpholine rings is 1. The van der Waals surface area contributed by atoms with Crippen LogP contribution in [0.4, 0.5) is 19.0 Å². The molecule has 2 aliphatic heterocycles. The predicted octanol–water partition coefficient (Wildman–Crippen LogP) is 2.77. The molecule has 1 aromatic heterocycles. The second-order valence-electron chi connectivity index (χ2n) is 6.28. The number of aromatic nitrogens is 1. The van der Waals surface area contributed by atoms with E-state index in [1.807, 2.05) is 0 Å². The summed E-state index contributed by atoms with van der Waals surface area (Å²) in [5.74, 6) is 0.756. The lowest BCUT2D eigenvalue weighted by atomic mass is 10.1. The number of pyridine rings is 1. The third-order valence-electron chi connectivity index (χ3n) is 4.81. The van der Waals surface area contributed by atoms with Crippen LogP contribution in [0, 0.1) is 0 Å². The molecule has 0 radical (unpaired) electrons. The van der Waals surface area contributed by atoms with Gasteiger partial charge in [-0.3, -0.25) is 4.90 Å². The van der Waals surface area contributed by atoms with Crippen molar-refractivity contribution < 1.29 is 17.9 Å². The van der Waals surface area contributed by atoms with Crippen molar-refractivity contribution >= 4 is 16.6 Å². The van der Waals surface area contributed by atoms with E-state index in [0.29, 0.717) is 18.0 Å². The molecule has 4 nitrogen and oxygen atoms in total. The van der Waals surface area contributed by atoms with Gasteiger partial charge in [0.25, 0.3) is 0 Å². The van der Waals surface area contributed by atoms with Gasteiger partial charge in [0, 0.05) is 37.8 Å². The molecule has 0 bridgehead atoms. The highest BCUT2D eigenvalue weighted by atomic mass is 19.4. The highest BCUT2D eigenvalue weighted by Gasteiger charge is 2.32. The van der Waals surface area contributed by atoms with Crippen LogP contribution < -0.4 is 4.90 Å². The first-order valence-electron chi connectivity index (χ1n) is 8.05. The summed E-state index contributed by atoms with van der Waals surface area (Å²) in [5.41, 5.74) is -0.627. The molecule has 0 saturated carbocycles. The van der Waals surface area contributed by atoms with Gasteiger partial charge in [0.2, 0.25) is 0 Å². The number of anilines is 1. The molecule has 3 heterocycles. The van der Waals surface area contributed by atoms with Gasteiger partial charge in [-0.1, -0.05) is 6.07 Å². The van der Waals surface area contributed by atoms with Gasteiger partial charge in [-0.2, -0.15) is 13.2 Å². The molecule has 7 heteroatoms. The number of rotatable bonds is 1. The molecule has 24 heavy (non-hydrogen) atoms. The third-order valence-corrected chi connectivity index (χ3v) is 4.81. The lowest BCUT2D eigenvalue weighted by Gasteiger charge is -2.44. The van der Waals surface area contributed by atoms with E-state index >= 15 is 0 Å². The molecule has 1 atom stereocenters. The number of piperazine rings is 1. The van der Waals surface area contributed by atoms with Crippen molar-refractivity contribution in [1.82, 2.24) is 9.88 Å². The van der Waals surface area contributed by atoms with E-state index in [2.05, 4.69) is 14.8 Å². The van der Waals surface area contributed by atoms with E-state index in [9.17, 15) is 13.2 Å². The minimum Gasteiger partial charge on any atom is -0.378 e. The largest absolute Gasteiger partial charge is 0.416 e. The zero-order valence-electron chi connectivity index (χ0n) is 13.1. The fraction of sp³-hybridized carbons (Fsp3) is 0.471. The van der Waals surface area contributed by atoms with Gasteiger partial charge in [0.15, 0.2) is 0 Å². The first-order valence-corrected chi connectivity index (χ1v) is 8.05. The molecule has 0 N–H and O–H groups in total. The highest BCUT2D eigenvalue weighted by Crippen LogP contribution is 2.34. The first-order chi connectivity index (χ1) is 11.5. The number of benzene rings is 1. The highest BCUT2D eigenvalue weighted by molar-refractivity contribution is 5.92. The summed E-state index contributed by atoms with van der Waals surface area (Å²) in [7, 11) is 0.